The van der Waals surface area contributed by atoms with Crippen LogP contribution in [0.15, 0.2) is 22.7 Å². The molecule has 1 aromatic carbocycles. The van der Waals surface area contributed by atoms with Crippen molar-refractivity contribution in [2.45, 2.75) is 18.9 Å². The van der Waals surface area contributed by atoms with Crippen LogP contribution in [0.1, 0.15) is 12.0 Å². The molecule has 1 unspecified atom stereocenters. The van der Waals surface area contributed by atoms with Gasteiger partial charge in [-0.3, -0.25) is 0 Å². The fraction of sp³-hybridized carbons (Fsp3) is 0.455. The molecular weight excluding hydrogens is 242 g/mol. The van der Waals surface area contributed by atoms with Gasteiger partial charge in [0.15, 0.2) is 0 Å². The minimum Gasteiger partial charge on any atom is -0.383 e. The summed E-state index contributed by atoms with van der Waals surface area (Å²) in [6, 6.07) is 6.78. The van der Waals surface area contributed by atoms with E-state index >= 15 is 0 Å². The Kier molecular flexibility index (Phi) is 3.08. The van der Waals surface area contributed by atoms with Crippen molar-refractivity contribution in [3.05, 3.63) is 28.2 Å². The zero-order valence-electron chi connectivity index (χ0n) is 8.22. The molecule has 2 nitrogen and oxygen atoms in total. The highest BCUT2D eigenvalue weighted by Gasteiger charge is 2.18. The van der Waals surface area contributed by atoms with Gasteiger partial charge >= 0.3 is 0 Å². The smallest absolute Gasteiger partial charge is 0.0664 e. The maximum absolute atomic E-state index is 5.16. The van der Waals surface area contributed by atoms with E-state index < -0.39 is 0 Å². The lowest BCUT2D eigenvalue weighted by Crippen LogP contribution is -2.29. The Morgan fingerprint density at radius 2 is 2.43 bits per heavy atom. The topological polar surface area (TPSA) is 21.3 Å². The molecule has 0 amide bonds. The molecule has 1 aliphatic heterocycles. The summed E-state index contributed by atoms with van der Waals surface area (Å²) in [6.45, 7) is 0.779. The fourth-order valence-corrected chi connectivity index (χ4v) is 2.39. The van der Waals surface area contributed by atoms with E-state index in [-0.39, 0.29) is 0 Å². The van der Waals surface area contributed by atoms with Gasteiger partial charge in [-0.05, 0) is 40.4 Å². The van der Waals surface area contributed by atoms with Crippen LogP contribution in [0, 0.1) is 0 Å². The molecule has 1 heterocycles. The highest BCUT2D eigenvalue weighted by Crippen LogP contribution is 2.31. The second-order valence-electron chi connectivity index (χ2n) is 3.61. The number of halogens is 1. The van der Waals surface area contributed by atoms with Gasteiger partial charge in [-0.15, -0.1) is 0 Å². The number of benzene rings is 1. The van der Waals surface area contributed by atoms with Gasteiger partial charge in [0.1, 0.15) is 0 Å². The van der Waals surface area contributed by atoms with E-state index in [2.05, 4.69) is 39.4 Å². The standard InChI is InChI=1S/C11H14BrNO/c1-14-7-9-6-5-8-3-2-4-10(12)11(8)13-9/h2-4,9,13H,5-7H2,1H3. The molecule has 1 aromatic rings. The molecule has 0 aromatic heterocycles. The Balaban J connectivity index is 2.20. The predicted octanol–water partition coefficient (Wildman–Crippen LogP) is 2.82. The first-order valence-corrected chi connectivity index (χ1v) is 5.63. The molecule has 76 valence electrons. The summed E-state index contributed by atoms with van der Waals surface area (Å²) >= 11 is 3.56. The molecule has 0 aliphatic carbocycles. The molecule has 0 spiro atoms. The first kappa shape index (κ1) is 9.99. The quantitative estimate of drug-likeness (QED) is 0.878. The Labute approximate surface area is 92.8 Å². The number of hydrogen-bond donors (Lipinski definition) is 1. The van der Waals surface area contributed by atoms with Crippen LogP contribution >= 0.6 is 15.9 Å². The molecule has 14 heavy (non-hydrogen) atoms. The molecular formula is C11H14BrNO. The maximum Gasteiger partial charge on any atom is 0.0664 e. The van der Waals surface area contributed by atoms with Crippen molar-refractivity contribution in [2.24, 2.45) is 0 Å². The van der Waals surface area contributed by atoms with Gasteiger partial charge in [0.2, 0.25) is 0 Å². The van der Waals surface area contributed by atoms with Crippen LogP contribution in [0.3, 0.4) is 0 Å². The highest BCUT2D eigenvalue weighted by molar-refractivity contribution is 9.10. The van der Waals surface area contributed by atoms with Crippen LogP contribution in [0.5, 0.6) is 0 Å². The predicted molar refractivity (Wildman–Crippen MR) is 61.7 cm³/mol. The van der Waals surface area contributed by atoms with Gasteiger partial charge in [-0.1, -0.05) is 12.1 Å². The number of rotatable bonds is 2. The molecule has 1 atom stereocenters. The van der Waals surface area contributed by atoms with E-state index in [0.29, 0.717) is 6.04 Å². The Bertz CT molecular complexity index is 327. The normalized spacial score (nSPS) is 20.0. The van der Waals surface area contributed by atoms with Gasteiger partial charge in [0.25, 0.3) is 0 Å². The maximum atomic E-state index is 5.16. The van der Waals surface area contributed by atoms with Crippen molar-refractivity contribution in [1.29, 1.82) is 0 Å². The molecule has 1 aliphatic rings. The number of hydrogen-bond acceptors (Lipinski definition) is 2. The summed E-state index contributed by atoms with van der Waals surface area (Å²) in [5.41, 5.74) is 2.63. The van der Waals surface area contributed by atoms with Gasteiger partial charge in [0, 0.05) is 17.6 Å². The number of nitrogens with one attached hydrogen (secondary N) is 1. The zero-order valence-corrected chi connectivity index (χ0v) is 9.80. The van der Waals surface area contributed by atoms with E-state index in [1.807, 2.05) is 0 Å². The Morgan fingerprint density at radius 1 is 1.57 bits per heavy atom. The lowest BCUT2D eigenvalue weighted by Gasteiger charge is -2.27. The number of anilines is 1. The van der Waals surface area contributed by atoms with Crippen LogP contribution in [0.2, 0.25) is 0 Å². The van der Waals surface area contributed by atoms with Gasteiger partial charge < -0.3 is 10.1 Å². The molecule has 1 N–H and O–H groups in total. The minimum atomic E-state index is 0.450. The third-order valence-electron chi connectivity index (χ3n) is 2.58. The summed E-state index contributed by atoms with van der Waals surface area (Å²) in [7, 11) is 1.75. The van der Waals surface area contributed by atoms with Crippen molar-refractivity contribution in [2.75, 3.05) is 19.0 Å². The Hall–Kier alpha value is -0.540. The third kappa shape index (κ3) is 1.93. The van der Waals surface area contributed by atoms with E-state index in [1.54, 1.807) is 7.11 Å². The van der Waals surface area contributed by atoms with Crippen LogP contribution in [-0.2, 0) is 11.2 Å². The molecule has 0 radical (unpaired) electrons. The average molecular weight is 256 g/mol. The zero-order chi connectivity index (χ0) is 9.97. The second kappa shape index (κ2) is 4.32. The van der Waals surface area contributed by atoms with Gasteiger partial charge in [0.05, 0.1) is 12.3 Å². The average Bonchev–Trinajstić information content (AvgIpc) is 2.20. The minimum absolute atomic E-state index is 0.450. The monoisotopic (exact) mass is 255 g/mol. The summed E-state index contributed by atoms with van der Waals surface area (Å²) < 4.78 is 6.31. The number of para-hydroxylation sites is 1. The largest absolute Gasteiger partial charge is 0.383 e. The second-order valence-corrected chi connectivity index (χ2v) is 4.46. The SMILES string of the molecule is COCC1CCc2cccc(Br)c2N1. The summed E-state index contributed by atoms with van der Waals surface area (Å²) in [5, 5.41) is 3.49. The van der Waals surface area contributed by atoms with Crippen molar-refractivity contribution in [3.63, 3.8) is 0 Å². The van der Waals surface area contributed by atoms with E-state index in [9.17, 15) is 0 Å². The van der Waals surface area contributed by atoms with E-state index in [0.717, 1.165) is 23.9 Å². The first-order valence-electron chi connectivity index (χ1n) is 4.84. The van der Waals surface area contributed by atoms with E-state index in [1.165, 1.54) is 11.3 Å². The van der Waals surface area contributed by atoms with Crippen molar-refractivity contribution >= 4 is 21.6 Å². The van der Waals surface area contributed by atoms with Crippen molar-refractivity contribution < 1.29 is 4.74 Å². The fourth-order valence-electron chi connectivity index (χ4n) is 1.87. The first-order chi connectivity index (χ1) is 6.81. The van der Waals surface area contributed by atoms with Crippen molar-refractivity contribution in [1.82, 2.24) is 0 Å². The Morgan fingerprint density at radius 3 is 3.21 bits per heavy atom. The van der Waals surface area contributed by atoms with Gasteiger partial charge in [-0.25, -0.2) is 0 Å². The number of fused-ring (bicyclic) bond motifs is 1. The molecule has 0 bridgehead atoms. The number of aryl methyl sites for hydroxylation is 1. The number of ether oxygens (including phenoxy) is 1. The molecule has 0 saturated carbocycles. The van der Waals surface area contributed by atoms with Crippen LogP contribution in [-0.4, -0.2) is 19.8 Å². The lowest BCUT2D eigenvalue weighted by atomic mass is 9.99. The lowest BCUT2D eigenvalue weighted by molar-refractivity contribution is 0.182. The van der Waals surface area contributed by atoms with Crippen molar-refractivity contribution in [3.8, 4) is 0 Å². The van der Waals surface area contributed by atoms with Crippen LogP contribution in [0.25, 0.3) is 0 Å². The molecule has 0 saturated heterocycles. The summed E-state index contributed by atoms with van der Waals surface area (Å²) in [4.78, 5) is 0. The van der Waals surface area contributed by atoms with Gasteiger partial charge in [-0.2, -0.15) is 0 Å². The van der Waals surface area contributed by atoms with Crippen LogP contribution in [0.4, 0.5) is 5.69 Å². The number of methoxy groups -OCH3 is 1. The molecule has 2 rings (SSSR count). The molecule has 0 fully saturated rings. The highest BCUT2D eigenvalue weighted by atomic mass is 79.9. The summed E-state index contributed by atoms with van der Waals surface area (Å²) in [5.74, 6) is 0. The molecule has 3 heteroatoms. The van der Waals surface area contributed by atoms with Crippen LogP contribution < -0.4 is 5.32 Å². The summed E-state index contributed by atoms with van der Waals surface area (Å²) in [6.07, 6.45) is 2.28. The van der Waals surface area contributed by atoms with E-state index in [4.69, 9.17) is 4.74 Å². The third-order valence-corrected chi connectivity index (χ3v) is 3.24.